The smallest absolute Gasteiger partial charge is 0.265 e. The van der Waals surface area contributed by atoms with Crippen molar-refractivity contribution >= 4 is 38.6 Å². The lowest BCUT2D eigenvalue weighted by atomic mass is 10.1. The zero-order valence-corrected chi connectivity index (χ0v) is 14.3. The highest BCUT2D eigenvalue weighted by Crippen LogP contribution is 2.41. The Labute approximate surface area is 150 Å². The summed E-state index contributed by atoms with van der Waals surface area (Å²) in [6, 6.07) is 13.9. The molecule has 3 aromatic rings. The summed E-state index contributed by atoms with van der Waals surface area (Å²) >= 11 is 0. The van der Waals surface area contributed by atoms with Gasteiger partial charge >= 0.3 is 0 Å². The predicted octanol–water partition coefficient (Wildman–Crippen LogP) is 1.89. The quantitative estimate of drug-likeness (QED) is 0.564. The van der Waals surface area contributed by atoms with Gasteiger partial charge in [0.25, 0.3) is 15.9 Å². The average Bonchev–Trinajstić information content (AvgIpc) is 2.86. The molecule has 1 N–H and O–H groups in total. The Balaban J connectivity index is 1.56. The van der Waals surface area contributed by atoms with Crippen molar-refractivity contribution in [3.05, 3.63) is 66.5 Å². The van der Waals surface area contributed by atoms with Gasteiger partial charge in [-0.1, -0.05) is 30.3 Å². The SMILES string of the molecule is O=C(CN1c2cccc3cccc(c23)S1(=O)=O)N/N=C/c1cccnc1. The number of carbonyl (C=O) groups excluding carboxylic acids is 1. The molecular weight excluding hydrogens is 352 g/mol. The van der Waals surface area contributed by atoms with Gasteiger partial charge in [0.15, 0.2) is 0 Å². The van der Waals surface area contributed by atoms with Crippen molar-refractivity contribution in [1.29, 1.82) is 0 Å². The Morgan fingerprint density at radius 3 is 2.73 bits per heavy atom. The molecule has 0 spiro atoms. The van der Waals surface area contributed by atoms with Crippen LogP contribution in [0.4, 0.5) is 5.69 Å². The van der Waals surface area contributed by atoms with E-state index in [-0.39, 0.29) is 11.4 Å². The van der Waals surface area contributed by atoms with E-state index in [4.69, 9.17) is 0 Å². The van der Waals surface area contributed by atoms with E-state index < -0.39 is 15.9 Å². The molecule has 0 bridgehead atoms. The van der Waals surface area contributed by atoms with Crippen LogP contribution in [0.3, 0.4) is 0 Å². The van der Waals surface area contributed by atoms with E-state index in [1.807, 2.05) is 12.1 Å². The van der Waals surface area contributed by atoms with Gasteiger partial charge < -0.3 is 0 Å². The molecule has 1 amide bonds. The van der Waals surface area contributed by atoms with Crippen molar-refractivity contribution in [2.75, 3.05) is 10.8 Å². The zero-order chi connectivity index (χ0) is 18.1. The number of amides is 1. The highest BCUT2D eigenvalue weighted by molar-refractivity contribution is 7.93. The maximum Gasteiger partial charge on any atom is 0.265 e. The fraction of sp³-hybridized carbons (Fsp3) is 0.0556. The van der Waals surface area contributed by atoms with Crippen molar-refractivity contribution in [3.63, 3.8) is 0 Å². The number of anilines is 1. The van der Waals surface area contributed by atoms with Crippen LogP contribution in [0.1, 0.15) is 5.56 Å². The van der Waals surface area contributed by atoms with Gasteiger partial charge in [0.1, 0.15) is 6.54 Å². The van der Waals surface area contributed by atoms with Gasteiger partial charge in [-0.2, -0.15) is 5.10 Å². The normalized spacial score (nSPS) is 14.8. The van der Waals surface area contributed by atoms with Crippen molar-refractivity contribution in [1.82, 2.24) is 10.4 Å². The van der Waals surface area contributed by atoms with Crippen molar-refractivity contribution in [2.24, 2.45) is 5.10 Å². The number of carbonyl (C=O) groups is 1. The molecule has 0 atom stereocenters. The highest BCUT2D eigenvalue weighted by atomic mass is 32.2. The van der Waals surface area contributed by atoms with Crippen LogP contribution in [0, 0.1) is 0 Å². The Hall–Kier alpha value is -3.26. The minimum Gasteiger partial charge on any atom is -0.271 e. The lowest BCUT2D eigenvalue weighted by Gasteiger charge is -2.17. The molecule has 8 heteroatoms. The average molecular weight is 366 g/mol. The van der Waals surface area contributed by atoms with Crippen molar-refractivity contribution in [3.8, 4) is 0 Å². The summed E-state index contributed by atoms with van der Waals surface area (Å²) in [4.78, 5) is 16.4. The molecule has 1 aliphatic rings. The number of hydrogen-bond acceptors (Lipinski definition) is 5. The van der Waals surface area contributed by atoms with Gasteiger partial charge in [-0.05, 0) is 23.6 Å². The van der Waals surface area contributed by atoms with Crippen molar-refractivity contribution < 1.29 is 13.2 Å². The van der Waals surface area contributed by atoms with Gasteiger partial charge in [0, 0.05) is 23.3 Å². The van der Waals surface area contributed by atoms with Crippen LogP contribution in [0.25, 0.3) is 10.8 Å². The molecule has 0 radical (unpaired) electrons. The summed E-state index contributed by atoms with van der Waals surface area (Å²) in [7, 11) is -3.76. The predicted molar refractivity (Wildman–Crippen MR) is 98.5 cm³/mol. The summed E-state index contributed by atoms with van der Waals surface area (Å²) in [5.41, 5.74) is 3.58. The van der Waals surface area contributed by atoms with Crippen LogP contribution >= 0.6 is 0 Å². The van der Waals surface area contributed by atoms with E-state index in [1.165, 1.54) is 6.21 Å². The number of hydrogen-bond donors (Lipinski definition) is 1. The molecule has 1 aromatic heterocycles. The standard InChI is InChI=1S/C18H14N4O3S/c23-17(21-20-11-13-4-3-9-19-10-13)12-22-15-7-1-5-14-6-2-8-16(18(14)15)26(22,24)25/h1-11H,12H2,(H,21,23)/b20-11+. The number of benzene rings is 2. The monoisotopic (exact) mass is 366 g/mol. The number of rotatable bonds is 4. The molecular formula is C18H14N4O3S. The first kappa shape index (κ1) is 16.2. The maximum atomic E-state index is 12.8. The van der Waals surface area contributed by atoms with E-state index >= 15 is 0 Å². The molecule has 0 saturated carbocycles. The fourth-order valence-electron chi connectivity index (χ4n) is 2.93. The lowest BCUT2D eigenvalue weighted by Crippen LogP contribution is -2.37. The van der Waals surface area contributed by atoms with Gasteiger partial charge in [-0.15, -0.1) is 0 Å². The van der Waals surface area contributed by atoms with E-state index in [1.54, 1.807) is 48.8 Å². The second-order valence-corrected chi connectivity index (χ2v) is 7.55. The molecule has 26 heavy (non-hydrogen) atoms. The van der Waals surface area contributed by atoms with E-state index in [0.717, 1.165) is 15.3 Å². The molecule has 2 heterocycles. The molecule has 0 aliphatic carbocycles. The molecule has 130 valence electrons. The Morgan fingerprint density at radius 2 is 1.96 bits per heavy atom. The second kappa shape index (κ2) is 6.23. The molecule has 1 aliphatic heterocycles. The third kappa shape index (κ3) is 2.70. The number of pyridine rings is 1. The van der Waals surface area contributed by atoms with Crippen LogP contribution in [0.2, 0.25) is 0 Å². The summed E-state index contributed by atoms with van der Waals surface area (Å²) < 4.78 is 26.7. The summed E-state index contributed by atoms with van der Waals surface area (Å²) in [6.45, 7) is -0.347. The highest BCUT2D eigenvalue weighted by Gasteiger charge is 2.36. The van der Waals surface area contributed by atoms with Crippen LogP contribution < -0.4 is 9.73 Å². The van der Waals surface area contributed by atoms with E-state index in [2.05, 4.69) is 15.5 Å². The van der Waals surface area contributed by atoms with Crippen LogP contribution in [-0.4, -0.2) is 32.1 Å². The number of nitrogens with one attached hydrogen (secondary N) is 1. The first-order chi connectivity index (χ1) is 12.6. The maximum absolute atomic E-state index is 12.8. The zero-order valence-electron chi connectivity index (χ0n) is 13.5. The summed E-state index contributed by atoms with van der Waals surface area (Å²) in [6.07, 6.45) is 4.67. The van der Waals surface area contributed by atoms with Gasteiger partial charge in [-0.25, -0.2) is 13.8 Å². The largest absolute Gasteiger partial charge is 0.271 e. The number of hydrazone groups is 1. The molecule has 7 nitrogen and oxygen atoms in total. The minimum absolute atomic E-state index is 0.220. The molecule has 4 rings (SSSR count). The molecule has 0 fully saturated rings. The topological polar surface area (TPSA) is 91.7 Å². The molecule has 2 aromatic carbocycles. The molecule has 0 saturated heterocycles. The number of sulfonamides is 1. The fourth-order valence-corrected chi connectivity index (χ4v) is 4.59. The van der Waals surface area contributed by atoms with Gasteiger partial charge in [0.2, 0.25) is 0 Å². The third-order valence-corrected chi connectivity index (χ3v) is 5.86. The summed E-state index contributed by atoms with van der Waals surface area (Å²) in [5.74, 6) is -0.529. The second-order valence-electron chi connectivity index (χ2n) is 5.72. The van der Waals surface area contributed by atoms with Gasteiger partial charge in [-0.3, -0.25) is 14.1 Å². The first-order valence-electron chi connectivity index (χ1n) is 7.84. The Kier molecular flexibility index (Phi) is 3.89. The first-order valence-corrected chi connectivity index (χ1v) is 9.28. The third-order valence-electron chi connectivity index (χ3n) is 4.06. The van der Waals surface area contributed by atoms with Crippen LogP contribution in [0.15, 0.2) is 70.9 Å². The minimum atomic E-state index is -3.76. The van der Waals surface area contributed by atoms with Crippen LogP contribution in [-0.2, 0) is 14.8 Å². The Morgan fingerprint density at radius 1 is 1.15 bits per heavy atom. The van der Waals surface area contributed by atoms with Crippen LogP contribution in [0.5, 0.6) is 0 Å². The lowest BCUT2D eigenvalue weighted by molar-refractivity contribution is -0.119. The molecule has 0 unspecified atom stereocenters. The number of nitrogens with zero attached hydrogens (tertiary/aromatic N) is 3. The van der Waals surface area contributed by atoms with Crippen molar-refractivity contribution in [2.45, 2.75) is 4.90 Å². The van der Waals surface area contributed by atoms with Gasteiger partial charge in [0.05, 0.1) is 16.8 Å². The van der Waals surface area contributed by atoms with E-state index in [9.17, 15) is 13.2 Å². The Bertz CT molecular complexity index is 1120. The summed E-state index contributed by atoms with van der Waals surface area (Å²) in [5, 5.41) is 5.30. The number of aromatic nitrogens is 1. The van der Waals surface area contributed by atoms with E-state index in [0.29, 0.717) is 11.1 Å².